The fourth-order valence-corrected chi connectivity index (χ4v) is 2.52. The maximum Gasteiger partial charge on any atom is 0.243 e. The van der Waals surface area contributed by atoms with Crippen LogP contribution < -0.4 is 10.6 Å². The fraction of sp³-hybridized carbons (Fsp3) is 0.875. The molecule has 1 aliphatic rings. The van der Waals surface area contributed by atoms with E-state index in [0.717, 1.165) is 25.6 Å². The number of likely N-dealkylation sites (N-methyl/N-ethyl adjacent to an activating group) is 2. The van der Waals surface area contributed by atoms with E-state index in [1.54, 1.807) is 19.0 Å². The summed E-state index contributed by atoms with van der Waals surface area (Å²) in [6, 6.07) is 0.570. The lowest BCUT2D eigenvalue weighted by molar-refractivity contribution is -0.127. The van der Waals surface area contributed by atoms with E-state index in [2.05, 4.69) is 41.3 Å². The van der Waals surface area contributed by atoms with Crippen LogP contribution in [0.3, 0.4) is 0 Å². The Bertz CT molecular complexity index is 368. The van der Waals surface area contributed by atoms with Gasteiger partial charge in [0.05, 0.1) is 0 Å². The summed E-state index contributed by atoms with van der Waals surface area (Å²) < 4.78 is 0. The Balaban J connectivity index is 2.53. The molecule has 0 aromatic carbocycles. The van der Waals surface area contributed by atoms with Crippen molar-refractivity contribution in [2.24, 2.45) is 10.9 Å². The summed E-state index contributed by atoms with van der Waals surface area (Å²) in [5.41, 5.74) is 0. The molecule has 1 unspecified atom stereocenters. The summed E-state index contributed by atoms with van der Waals surface area (Å²) >= 11 is 0. The third kappa shape index (κ3) is 6.64. The standard InChI is InChI=1S/C16H33N5O/c1-6-21-9-7-8-14(21)11-18-16(17-10-13(2)3)19-12-15(22)20(4)5/h13-14H,6-12H2,1-5H3,(H2,17,18,19). The Labute approximate surface area is 135 Å². The highest BCUT2D eigenvalue weighted by Gasteiger charge is 2.22. The van der Waals surface area contributed by atoms with Gasteiger partial charge in [-0.25, -0.2) is 4.99 Å². The van der Waals surface area contributed by atoms with Gasteiger partial charge >= 0.3 is 0 Å². The number of aliphatic imine (C=N–C) groups is 1. The molecule has 1 aliphatic heterocycles. The summed E-state index contributed by atoms with van der Waals surface area (Å²) in [6.07, 6.45) is 2.50. The molecule has 1 fully saturated rings. The summed E-state index contributed by atoms with van der Waals surface area (Å²) in [5.74, 6) is 1.30. The lowest BCUT2D eigenvalue weighted by atomic mass is 10.2. The number of rotatable bonds is 7. The first-order valence-corrected chi connectivity index (χ1v) is 8.40. The average molecular weight is 311 g/mol. The van der Waals surface area contributed by atoms with Gasteiger partial charge in [0.1, 0.15) is 6.54 Å². The van der Waals surface area contributed by atoms with Crippen LogP contribution in [0.5, 0.6) is 0 Å². The molecule has 1 heterocycles. The van der Waals surface area contributed by atoms with Crippen LogP contribution in [0, 0.1) is 5.92 Å². The molecular formula is C16H33N5O. The molecule has 6 heteroatoms. The highest BCUT2D eigenvalue weighted by molar-refractivity contribution is 5.84. The summed E-state index contributed by atoms with van der Waals surface area (Å²) in [6.45, 7) is 10.7. The summed E-state index contributed by atoms with van der Waals surface area (Å²) in [4.78, 5) is 20.2. The lowest BCUT2D eigenvalue weighted by Gasteiger charge is -2.24. The Morgan fingerprint density at radius 3 is 2.68 bits per heavy atom. The van der Waals surface area contributed by atoms with Gasteiger partial charge in [0.15, 0.2) is 5.96 Å². The van der Waals surface area contributed by atoms with Crippen LogP contribution >= 0.6 is 0 Å². The van der Waals surface area contributed by atoms with E-state index in [4.69, 9.17) is 0 Å². The molecule has 1 amide bonds. The van der Waals surface area contributed by atoms with Crippen LogP contribution in [0.2, 0.25) is 0 Å². The Hall–Kier alpha value is -1.30. The zero-order chi connectivity index (χ0) is 16.5. The van der Waals surface area contributed by atoms with Gasteiger partial charge < -0.3 is 15.5 Å². The van der Waals surface area contributed by atoms with E-state index in [9.17, 15) is 4.79 Å². The van der Waals surface area contributed by atoms with Crippen LogP contribution in [-0.2, 0) is 4.79 Å². The molecule has 0 aromatic heterocycles. The van der Waals surface area contributed by atoms with E-state index in [0.29, 0.717) is 12.0 Å². The van der Waals surface area contributed by atoms with E-state index in [-0.39, 0.29) is 12.5 Å². The fourth-order valence-electron chi connectivity index (χ4n) is 2.52. The second kappa shape index (κ2) is 9.66. The number of nitrogens with zero attached hydrogens (tertiary/aromatic N) is 3. The maximum absolute atomic E-state index is 11.7. The summed E-state index contributed by atoms with van der Waals surface area (Å²) in [5, 5.41) is 6.72. The van der Waals surface area contributed by atoms with Crippen molar-refractivity contribution < 1.29 is 4.79 Å². The van der Waals surface area contributed by atoms with E-state index in [1.807, 2.05) is 0 Å². The van der Waals surface area contributed by atoms with Crippen molar-refractivity contribution in [2.45, 2.75) is 39.7 Å². The van der Waals surface area contributed by atoms with Crippen molar-refractivity contribution in [3.05, 3.63) is 0 Å². The SMILES string of the molecule is CCN1CCCC1CNC(=NCC(=O)N(C)C)NCC(C)C. The van der Waals surface area contributed by atoms with Gasteiger partial charge in [-0.05, 0) is 31.8 Å². The van der Waals surface area contributed by atoms with Crippen LogP contribution in [0.15, 0.2) is 4.99 Å². The number of carbonyl (C=O) groups is 1. The number of hydrogen-bond donors (Lipinski definition) is 2. The van der Waals surface area contributed by atoms with Crippen molar-refractivity contribution in [3.63, 3.8) is 0 Å². The normalized spacial score (nSPS) is 19.5. The minimum Gasteiger partial charge on any atom is -0.356 e. The molecule has 6 nitrogen and oxygen atoms in total. The molecular weight excluding hydrogens is 278 g/mol. The molecule has 1 atom stereocenters. The van der Waals surface area contributed by atoms with Gasteiger partial charge in [-0.3, -0.25) is 9.69 Å². The second-order valence-electron chi connectivity index (χ2n) is 6.53. The Kier molecular flexibility index (Phi) is 8.24. The second-order valence-corrected chi connectivity index (χ2v) is 6.53. The van der Waals surface area contributed by atoms with E-state index >= 15 is 0 Å². The molecule has 0 aliphatic carbocycles. The smallest absolute Gasteiger partial charge is 0.243 e. The molecule has 0 saturated carbocycles. The van der Waals surface area contributed by atoms with Crippen LogP contribution in [0.1, 0.15) is 33.6 Å². The van der Waals surface area contributed by atoms with Crippen molar-refractivity contribution in [1.29, 1.82) is 0 Å². The van der Waals surface area contributed by atoms with Crippen molar-refractivity contribution in [2.75, 3.05) is 46.8 Å². The number of hydrogen-bond acceptors (Lipinski definition) is 3. The maximum atomic E-state index is 11.7. The number of guanidine groups is 1. The topological polar surface area (TPSA) is 60.0 Å². The minimum absolute atomic E-state index is 0.0155. The van der Waals surface area contributed by atoms with Crippen molar-refractivity contribution >= 4 is 11.9 Å². The molecule has 0 spiro atoms. The Morgan fingerprint density at radius 2 is 2.09 bits per heavy atom. The zero-order valence-electron chi connectivity index (χ0n) is 14.9. The third-order valence-corrected chi connectivity index (χ3v) is 3.96. The van der Waals surface area contributed by atoms with E-state index < -0.39 is 0 Å². The minimum atomic E-state index is 0.0155. The first-order chi connectivity index (χ1) is 10.4. The number of carbonyl (C=O) groups excluding carboxylic acids is 1. The molecule has 0 radical (unpaired) electrons. The highest BCUT2D eigenvalue weighted by atomic mass is 16.2. The number of likely N-dealkylation sites (tertiary alicyclic amines) is 1. The predicted molar refractivity (Wildman–Crippen MR) is 92.1 cm³/mol. The van der Waals surface area contributed by atoms with Gasteiger partial charge in [0.2, 0.25) is 5.91 Å². The van der Waals surface area contributed by atoms with Gasteiger partial charge in [-0.2, -0.15) is 0 Å². The first-order valence-electron chi connectivity index (χ1n) is 8.40. The predicted octanol–water partition coefficient (Wildman–Crippen LogP) is 0.750. The van der Waals surface area contributed by atoms with Gasteiger partial charge in [0.25, 0.3) is 0 Å². The molecule has 0 bridgehead atoms. The molecule has 1 rings (SSSR count). The monoisotopic (exact) mass is 311 g/mol. The zero-order valence-corrected chi connectivity index (χ0v) is 14.9. The van der Waals surface area contributed by atoms with Gasteiger partial charge in [-0.15, -0.1) is 0 Å². The van der Waals surface area contributed by atoms with Gasteiger partial charge in [0, 0.05) is 33.2 Å². The molecule has 0 aromatic rings. The largest absolute Gasteiger partial charge is 0.356 e. The molecule has 1 saturated heterocycles. The Morgan fingerprint density at radius 1 is 1.36 bits per heavy atom. The first kappa shape index (κ1) is 18.7. The van der Waals surface area contributed by atoms with Crippen LogP contribution in [0.4, 0.5) is 0 Å². The van der Waals surface area contributed by atoms with Crippen molar-refractivity contribution in [3.8, 4) is 0 Å². The summed E-state index contributed by atoms with van der Waals surface area (Å²) in [7, 11) is 3.51. The van der Waals surface area contributed by atoms with Crippen molar-refractivity contribution in [1.82, 2.24) is 20.4 Å². The molecule has 128 valence electrons. The lowest BCUT2D eigenvalue weighted by Crippen LogP contribution is -2.46. The molecule has 22 heavy (non-hydrogen) atoms. The van der Waals surface area contributed by atoms with Gasteiger partial charge in [-0.1, -0.05) is 20.8 Å². The number of nitrogens with one attached hydrogen (secondary N) is 2. The third-order valence-electron chi connectivity index (χ3n) is 3.96. The number of amides is 1. The van der Waals surface area contributed by atoms with E-state index in [1.165, 1.54) is 19.4 Å². The van der Waals surface area contributed by atoms with Crippen LogP contribution in [0.25, 0.3) is 0 Å². The average Bonchev–Trinajstić information content (AvgIpc) is 2.93. The van der Waals surface area contributed by atoms with Crippen LogP contribution in [-0.4, -0.2) is 74.5 Å². The highest BCUT2D eigenvalue weighted by Crippen LogP contribution is 2.15. The quantitative estimate of drug-likeness (QED) is 0.538. The molecule has 2 N–H and O–H groups in total.